The summed E-state index contributed by atoms with van der Waals surface area (Å²) in [6.07, 6.45) is 5.45. The van der Waals surface area contributed by atoms with Gasteiger partial charge in [0.1, 0.15) is 0 Å². The number of benzene rings is 2. The highest BCUT2D eigenvalue weighted by Crippen LogP contribution is 2.10. The molecule has 0 fully saturated rings. The predicted octanol–water partition coefficient (Wildman–Crippen LogP) is 6.88. The van der Waals surface area contributed by atoms with E-state index in [1.807, 2.05) is 6.92 Å². The van der Waals surface area contributed by atoms with Crippen molar-refractivity contribution in [1.29, 1.82) is 0 Å². The second-order valence-electron chi connectivity index (χ2n) is 7.70. The number of rotatable bonds is 10. The standard InChI is InChI=1S/C15H19NO3.C9H8O4.C3H7Br.C3H7N.2CH4/c1-4-9-16(10-5-2)14(17)12-7-6-8-13(11-12)15(18)19-3;1-13-9(12)7-4-2-3-6(5-7)8(10)11;2*1-2-3-4;;/h4,6-8,11H,1,5,9-10H2,2-3H3;2-5H,1H3,(H,10,11);2-3H2,1H3;2H,1,3-4H2;2*1H4. The van der Waals surface area contributed by atoms with Crippen molar-refractivity contribution >= 4 is 39.7 Å². The van der Waals surface area contributed by atoms with E-state index in [0.29, 0.717) is 30.8 Å². The first kappa shape index (κ1) is 45.2. The van der Waals surface area contributed by atoms with E-state index < -0.39 is 17.9 Å². The van der Waals surface area contributed by atoms with Crippen molar-refractivity contribution in [3.63, 3.8) is 0 Å². The molecule has 0 saturated carbocycles. The van der Waals surface area contributed by atoms with Gasteiger partial charge in [-0.3, -0.25) is 4.79 Å². The molecule has 0 heterocycles. The molecule has 2 aromatic rings. The SMILES string of the molecule is C.C.C=CCN.C=CCN(CCC)C(=O)c1cccc(C(=O)OC)c1.CCCBr.COC(=O)c1cccc(C(=O)O)c1. The maximum Gasteiger partial charge on any atom is 0.337 e. The Hall–Kier alpha value is -3.76. The molecular weight excluding hydrogens is 604 g/mol. The lowest BCUT2D eigenvalue weighted by molar-refractivity contribution is 0.0591. The van der Waals surface area contributed by atoms with Crippen molar-refractivity contribution in [3.05, 3.63) is 96.1 Å². The van der Waals surface area contributed by atoms with Crippen molar-refractivity contribution in [2.24, 2.45) is 5.73 Å². The second kappa shape index (κ2) is 28.8. The van der Waals surface area contributed by atoms with E-state index in [9.17, 15) is 19.2 Å². The van der Waals surface area contributed by atoms with Gasteiger partial charge in [0.2, 0.25) is 0 Å². The monoisotopic (exact) mass is 652 g/mol. The number of carbonyl (C=O) groups is 4. The summed E-state index contributed by atoms with van der Waals surface area (Å²) in [4.78, 5) is 46.9. The van der Waals surface area contributed by atoms with Gasteiger partial charge in [-0.05, 0) is 49.2 Å². The smallest absolute Gasteiger partial charge is 0.337 e. The normalized spacial score (nSPS) is 8.62. The topological polar surface area (TPSA) is 136 Å². The van der Waals surface area contributed by atoms with Gasteiger partial charge in [-0.2, -0.15) is 0 Å². The molecule has 0 unspecified atom stereocenters. The Kier molecular flexibility index (Phi) is 31.0. The fourth-order valence-corrected chi connectivity index (χ4v) is 2.68. The number of carbonyl (C=O) groups excluding carboxylic acids is 3. The van der Waals surface area contributed by atoms with E-state index in [2.05, 4.69) is 45.5 Å². The van der Waals surface area contributed by atoms with Crippen LogP contribution in [0.2, 0.25) is 0 Å². The molecule has 0 atom stereocenters. The Bertz CT molecular complexity index is 1070. The molecule has 0 spiro atoms. The lowest BCUT2D eigenvalue weighted by Crippen LogP contribution is -2.32. The number of nitrogens with two attached hydrogens (primary N) is 1. The van der Waals surface area contributed by atoms with Crippen LogP contribution in [0, 0.1) is 0 Å². The lowest BCUT2D eigenvalue weighted by Gasteiger charge is -2.20. The van der Waals surface area contributed by atoms with Crippen LogP contribution in [0.25, 0.3) is 0 Å². The van der Waals surface area contributed by atoms with Gasteiger partial charge in [0.05, 0.1) is 30.9 Å². The lowest BCUT2D eigenvalue weighted by atomic mass is 10.1. The number of esters is 2. The molecule has 9 nitrogen and oxygen atoms in total. The third kappa shape index (κ3) is 19.3. The average molecular weight is 654 g/mol. The molecule has 0 aliphatic rings. The van der Waals surface area contributed by atoms with Gasteiger partial charge in [-0.15, -0.1) is 13.2 Å². The van der Waals surface area contributed by atoms with E-state index >= 15 is 0 Å². The molecule has 2 aromatic carbocycles. The molecule has 1 amide bonds. The minimum absolute atomic E-state index is 0. The zero-order chi connectivity index (χ0) is 30.9. The fraction of sp³-hybridized carbons (Fsp3) is 0.375. The number of aromatic carboxylic acids is 1. The van der Waals surface area contributed by atoms with Crippen LogP contribution >= 0.6 is 15.9 Å². The Balaban J connectivity index is -0.000000272. The molecule has 10 heteroatoms. The molecule has 3 N–H and O–H groups in total. The maximum atomic E-state index is 12.3. The third-order valence-electron chi connectivity index (χ3n) is 4.55. The van der Waals surface area contributed by atoms with Gasteiger partial charge in [0.25, 0.3) is 5.91 Å². The van der Waals surface area contributed by atoms with Crippen molar-refractivity contribution in [2.45, 2.75) is 41.5 Å². The number of hydrogen-bond acceptors (Lipinski definition) is 7. The molecular formula is C32H49BrN2O7. The third-order valence-corrected chi connectivity index (χ3v) is 5.34. The number of carboxylic acid groups (broad SMARTS) is 1. The van der Waals surface area contributed by atoms with Gasteiger partial charge in [0.15, 0.2) is 0 Å². The summed E-state index contributed by atoms with van der Waals surface area (Å²) >= 11 is 3.25. The molecule has 0 radical (unpaired) electrons. The van der Waals surface area contributed by atoms with E-state index in [-0.39, 0.29) is 31.9 Å². The first-order chi connectivity index (χ1) is 19.1. The summed E-state index contributed by atoms with van der Waals surface area (Å²) in [5, 5.41) is 9.74. The second-order valence-corrected chi connectivity index (χ2v) is 8.50. The summed E-state index contributed by atoms with van der Waals surface area (Å²) in [6.45, 7) is 12.9. The van der Waals surface area contributed by atoms with E-state index in [1.54, 1.807) is 41.3 Å². The molecule has 2 rings (SSSR count). The average Bonchev–Trinajstić information content (AvgIpc) is 3.00. The number of nitrogens with zero attached hydrogens (tertiary/aromatic N) is 1. The summed E-state index contributed by atoms with van der Waals surface area (Å²) in [6, 6.07) is 12.2. The summed E-state index contributed by atoms with van der Waals surface area (Å²) < 4.78 is 9.09. The maximum absolute atomic E-state index is 12.3. The summed E-state index contributed by atoms with van der Waals surface area (Å²) in [5.41, 5.74) is 6.08. The van der Waals surface area contributed by atoms with Crippen molar-refractivity contribution in [1.82, 2.24) is 4.90 Å². The largest absolute Gasteiger partial charge is 0.478 e. The van der Waals surface area contributed by atoms with Gasteiger partial charge < -0.3 is 25.2 Å². The molecule has 0 aliphatic heterocycles. The van der Waals surface area contributed by atoms with E-state index in [4.69, 9.17) is 10.8 Å². The van der Waals surface area contributed by atoms with Crippen molar-refractivity contribution in [2.75, 3.05) is 39.2 Å². The Labute approximate surface area is 260 Å². The molecule has 42 heavy (non-hydrogen) atoms. The van der Waals surface area contributed by atoms with Gasteiger partial charge >= 0.3 is 17.9 Å². The van der Waals surface area contributed by atoms with Gasteiger partial charge in [-0.1, -0.05) is 68.9 Å². The number of methoxy groups -OCH3 is 2. The molecule has 0 aromatic heterocycles. The minimum Gasteiger partial charge on any atom is -0.478 e. The number of alkyl halides is 1. The van der Waals surface area contributed by atoms with Crippen LogP contribution in [0.5, 0.6) is 0 Å². The number of ether oxygens (including phenoxy) is 2. The van der Waals surface area contributed by atoms with Crippen molar-refractivity contribution < 1.29 is 33.8 Å². The van der Waals surface area contributed by atoms with Crippen LogP contribution in [0.3, 0.4) is 0 Å². The Morgan fingerprint density at radius 3 is 1.60 bits per heavy atom. The predicted molar refractivity (Wildman–Crippen MR) is 176 cm³/mol. The van der Waals surface area contributed by atoms with E-state index in [1.165, 1.54) is 44.9 Å². The fourth-order valence-electron chi connectivity index (χ4n) is 2.68. The minimum atomic E-state index is -1.06. The highest BCUT2D eigenvalue weighted by Gasteiger charge is 2.15. The zero-order valence-electron chi connectivity index (χ0n) is 23.7. The van der Waals surface area contributed by atoms with Crippen molar-refractivity contribution in [3.8, 4) is 0 Å². The zero-order valence-corrected chi connectivity index (χ0v) is 25.3. The number of carboxylic acids is 1. The van der Waals surface area contributed by atoms with Crippen LogP contribution < -0.4 is 5.73 Å². The first-order valence-electron chi connectivity index (χ1n) is 12.5. The van der Waals surface area contributed by atoms with Crippen LogP contribution in [0.15, 0.2) is 73.8 Å². The van der Waals surface area contributed by atoms with Crippen LogP contribution in [-0.4, -0.2) is 73.0 Å². The van der Waals surface area contributed by atoms with Crippen LogP contribution in [-0.2, 0) is 9.47 Å². The molecule has 0 saturated heterocycles. The summed E-state index contributed by atoms with van der Waals surface area (Å²) in [7, 11) is 2.56. The van der Waals surface area contributed by atoms with Gasteiger partial charge in [-0.25, -0.2) is 14.4 Å². The molecule has 236 valence electrons. The van der Waals surface area contributed by atoms with Crippen LogP contribution in [0.1, 0.15) is 83.0 Å². The highest BCUT2D eigenvalue weighted by atomic mass is 79.9. The van der Waals surface area contributed by atoms with Gasteiger partial charge in [0, 0.05) is 30.5 Å². The first-order valence-corrected chi connectivity index (χ1v) is 13.6. The molecule has 0 bridgehead atoms. The Morgan fingerprint density at radius 2 is 1.26 bits per heavy atom. The quantitative estimate of drug-likeness (QED) is 0.161. The molecule has 0 aliphatic carbocycles. The number of halogens is 1. The number of hydrogen-bond donors (Lipinski definition) is 2. The Morgan fingerprint density at radius 1 is 0.857 bits per heavy atom. The van der Waals surface area contributed by atoms with E-state index in [0.717, 1.165) is 11.8 Å². The van der Waals surface area contributed by atoms with Crippen LogP contribution in [0.4, 0.5) is 0 Å². The number of amides is 1. The highest BCUT2D eigenvalue weighted by molar-refractivity contribution is 9.09. The summed E-state index contributed by atoms with van der Waals surface area (Å²) in [5.74, 6) is -2.15.